The Balaban J connectivity index is 1.87. The van der Waals surface area contributed by atoms with E-state index >= 15 is 0 Å². The van der Waals surface area contributed by atoms with Gasteiger partial charge in [0.05, 0.1) is 10.2 Å². The van der Waals surface area contributed by atoms with Crippen molar-refractivity contribution in [3.63, 3.8) is 0 Å². The van der Waals surface area contributed by atoms with Crippen LogP contribution in [-0.4, -0.2) is 10.8 Å². The second-order valence-electron chi connectivity index (χ2n) is 4.32. The summed E-state index contributed by atoms with van der Waals surface area (Å²) in [6.45, 7) is 0. The average Bonchev–Trinajstić information content (AvgIpc) is 2.79. The lowest BCUT2D eigenvalue weighted by atomic mass is 10.0. The molecule has 0 atom stereocenters. The van der Waals surface area contributed by atoms with Gasteiger partial charge in [-0.2, -0.15) is 0 Å². The highest BCUT2D eigenvalue weighted by molar-refractivity contribution is 7.22. The molecule has 1 heterocycles. The summed E-state index contributed by atoms with van der Waals surface area (Å²) >= 11 is 1.44. The monoisotopic (exact) mass is 268 g/mol. The third-order valence-electron chi connectivity index (χ3n) is 2.93. The van der Waals surface area contributed by atoms with E-state index in [-0.39, 0.29) is 5.78 Å². The molecule has 3 nitrogen and oxygen atoms in total. The minimum absolute atomic E-state index is 0.123. The Hall–Kier alpha value is -2.20. The Bertz CT molecular complexity index is 734. The highest BCUT2D eigenvalue weighted by Gasteiger charge is 2.08. The van der Waals surface area contributed by atoms with E-state index in [1.807, 2.05) is 48.5 Å². The zero-order chi connectivity index (χ0) is 13.2. The summed E-state index contributed by atoms with van der Waals surface area (Å²) in [7, 11) is 0. The Morgan fingerprint density at radius 2 is 1.95 bits per heavy atom. The Labute approximate surface area is 114 Å². The van der Waals surface area contributed by atoms with Crippen molar-refractivity contribution < 1.29 is 4.79 Å². The standard InChI is InChI=1S/C15H12N2OS/c16-15-17-12-7-6-10(9-14(12)19-15)8-13(18)11-4-2-1-3-5-11/h1-7,9H,8H2,(H2,16,17). The SMILES string of the molecule is Nc1nc2ccc(CC(=O)c3ccccc3)cc2s1. The lowest BCUT2D eigenvalue weighted by Crippen LogP contribution is -2.02. The number of thiazole rings is 1. The number of fused-ring (bicyclic) bond motifs is 1. The van der Waals surface area contributed by atoms with Gasteiger partial charge in [0.2, 0.25) is 0 Å². The Kier molecular flexibility index (Phi) is 3.01. The van der Waals surface area contributed by atoms with Crippen molar-refractivity contribution in [1.82, 2.24) is 4.98 Å². The quantitative estimate of drug-likeness (QED) is 0.741. The number of nitrogens with zero attached hydrogens (tertiary/aromatic N) is 1. The maximum absolute atomic E-state index is 12.1. The average molecular weight is 268 g/mol. The van der Waals surface area contributed by atoms with E-state index in [0.29, 0.717) is 11.6 Å². The van der Waals surface area contributed by atoms with E-state index in [1.54, 1.807) is 0 Å². The second-order valence-corrected chi connectivity index (χ2v) is 5.38. The van der Waals surface area contributed by atoms with E-state index in [4.69, 9.17) is 5.73 Å². The van der Waals surface area contributed by atoms with Crippen LogP contribution in [0.25, 0.3) is 10.2 Å². The largest absolute Gasteiger partial charge is 0.375 e. The van der Waals surface area contributed by atoms with Gasteiger partial charge in [0.1, 0.15) is 0 Å². The van der Waals surface area contributed by atoms with Crippen LogP contribution in [0.1, 0.15) is 15.9 Å². The predicted octanol–water partition coefficient (Wildman–Crippen LogP) is 3.30. The van der Waals surface area contributed by atoms with Crippen LogP contribution >= 0.6 is 11.3 Å². The van der Waals surface area contributed by atoms with Gasteiger partial charge in [0, 0.05) is 12.0 Å². The molecule has 0 unspecified atom stereocenters. The van der Waals surface area contributed by atoms with Gasteiger partial charge < -0.3 is 5.73 Å². The van der Waals surface area contributed by atoms with Crippen LogP contribution in [0.15, 0.2) is 48.5 Å². The van der Waals surface area contributed by atoms with Crippen LogP contribution in [0.4, 0.5) is 5.13 Å². The third kappa shape index (κ3) is 2.48. The van der Waals surface area contributed by atoms with Crippen LogP contribution < -0.4 is 5.73 Å². The molecule has 0 aliphatic carbocycles. The number of nitrogen functional groups attached to an aromatic ring is 1. The molecule has 2 N–H and O–H groups in total. The van der Waals surface area contributed by atoms with E-state index in [9.17, 15) is 4.79 Å². The first-order chi connectivity index (χ1) is 9.22. The number of nitrogens with two attached hydrogens (primary N) is 1. The van der Waals surface area contributed by atoms with Gasteiger partial charge in [-0.3, -0.25) is 4.79 Å². The number of Topliss-reactive ketones (excluding diaryl/α,β-unsaturated/α-hetero) is 1. The van der Waals surface area contributed by atoms with Crippen LogP contribution in [0, 0.1) is 0 Å². The first-order valence-electron chi connectivity index (χ1n) is 5.95. The van der Waals surface area contributed by atoms with E-state index in [2.05, 4.69) is 4.98 Å². The summed E-state index contributed by atoms with van der Waals surface area (Å²) in [5, 5.41) is 0.557. The van der Waals surface area contributed by atoms with Crippen LogP contribution in [0.3, 0.4) is 0 Å². The van der Waals surface area contributed by atoms with E-state index < -0.39 is 0 Å². The Morgan fingerprint density at radius 1 is 1.16 bits per heavy atom. The molecule has 4 heteroatoms. The predicted molar refractivity (Wildman–Crippen MR) is 78.5 cm³/mol. The second kappa shape index (κ2) is 4.82. The van der Waals surface area contributed by atoms with Gasteiger partial charge in [-0.15, -0.1) is 0 Å². The minimum atomic E-state index is 0.123. The number of hydrogen-bond donors (Lipinski definition) is 1. The van der Waals surface area contributed by atoms with Gasteiger partial charge in [-0.05, 0) is 17.7 Å². The summed E-state index contributed by atoms with van der Waals surface area (Å²) in [6.07, 6.45) is 0.401. The number of hydrogen-bond acceptors (Lipinski definition) is 4. The van der Waals surface area contributed by atoms with Crippen LogP contribution in [0.2, 0.25) is 0 Å². The molecule has 0 saturated carbocycles. The summed E-state index contributed by atoms with van der Waals surface area (Å²) < 4.78 is 1.02. The molecule has 19 heavy (non-hydrogen) atoms. The molecule has 0 aliphatic rings. The van der Waals surface area contributed by atoms with Crippen molar-refractivity contribution in [2.24, 2.45) is 0 Å². The lowest BCUT2D eigenvalue weighted by molar-refractivity contribution is 0.0993. The molecule has 94 valence electrons. The zero-order valence-corrected chi connectivity index (χ0v) is 11.0. The van der Waals surface area contributed by atoms with Crippen molar-refractivity contribution in [3.8, 4) is 0 Å². The topological polar surface area (TPSA) is 56.0 Å². The number of carbonyl (C=O) groups is 1. The maximum atomic E-state index is 12.1. The molecule has 3 rings (SSSR count). The summed E-state index contributed by atoms with van der Waals surface area (Å²) in [4.78, 5) is 16.3. The fraction of sp³-hybridized carbons (Fsp3) is 0.0667. The normalized spacial score (nSPS) is 10.7. The highest BCUT2D eigenvalue weighted by atomic mass is 32.1. The number of aromatic nitrogens is 1. The first kappa shape index (κ1) is 11.9. The van der Waals surface area contributed by atoms with Gasteiger partial charge in [-0.1, -0.05) is 47.7 Å². The zero-order valence-electron chi connectivity index (χ0n) is 10.2. The van der Waals surface area contributed by atoms with E-state index in [0.717, 1.165) is 21.3 Å². The molecule has 0 saturated heterocycles. The third-order valence-corrected chi connectivity index (χ3v) is 3.78. The molecule has 0 fully saturated rings. The number of anilines is 1. The maximum Gasteiger partial charge on any atom is 0.181 e. The molecule has 2 aromatic carbocycles. The van der Waals surface area contributed by atoms with Crippen LogP contribution in [0.5, 0.6) is 0 Å². The Morgan fingerprint density at radius 3 is 2.74 bits per heavy atom. The molecule has 3 aromatic rings. The van der Waals surface area contributed by atoms with Crippen molar-refractivity contribution in [1.29, 1.82) is 0 Å². The summed E-state index contributed by atoms with van der Waals surface area (Å²) in [6, 6.07) is 15.2. The lowest BCUT2D eigenvalue weighted by Gasteiger charge is -2.01. The fourth-order valence-electron chi connectivity index (χ4n) is 2.01. The smallest absolute Gasteiger partial charge is 0.181 e. The highest BCUT2D eigenvalue weighted by Crippen LogP contribution is 2.25. The molecule has 0 amide bonds. The molecular formula is C15H12N2OS. The minimum Gasteiger partial charge on any atom is -0.375 e. The number of carbonyl (C=O) groups excluding carboxylic acids is 1. The van der Waals surface area contributed by atoms with E-state index in [1.165, 1.54) is 11.3 Å². The number of ketones is 1. The van der Waals surface area contributed by atoms with Gasteiger partial charge in [-0.25, -0.2) is 4.98 Å². The van der Waals surface area contributed by atoms with Crippen molar-refractivity contribution in [3.05, 3.63) is 59.7 Å². The fourth-order valence-corrected chi connectivity index (χ4v) is 2.81. The molecule has 0 spiro atoms. The van der Waals surface area contributed by atoms with Crippen molar-refractivity contribution in [2.45, 2.75) is 6.42 Å². The molecule has 0 bridgehead atoms. The molecular weight excluding hydrogens is 256 g/mol. The summed E-state index contributed by atoms with van der Waals surface area (Å²) in [5.74, 6) is 0.123. The van der Waals surface area contributed by atoms with Crippen molar-refractivity contribution >= 4 is 32.5 Å². The first-order valence-corrected chi connectivity index (χ1v) is 6.77. The van der Waals surface area contributed by atoms with Crippen LogP contribution in [-0.2, 0) is 6.42 Å². The molecule has 0 radical (unpaired) electrons. The molecule has 0 aliphatic heterocycles. The van der Waals surface area contributed by atoms with Gasteiger partial charge in [0.15, 0.2) is 10.9 Å². The van der Waals surface area contributed by atoms with Gasteiger partial charge in [0.25, 0.3) is 0 Å². The number of benzene rings is 2. The molecule has 1 aromatic heterocycles. The van der Waals surface area contributed by atoms with Gasteiger partial charge >= 0.3 is 0 Å². The van der Waals surface area contributed by atoms with Crippen molar-refractivity contribution in [2.75, 3.05) is 5.73 Å². The summed E-state index contributed by atoms with van der Waals surface area (Å²) in [5.41, 5.74) is 8.29. The number of rotatable bonds is 3.